The second-order valence-electron chi connectivity index (χ2n) is 6.07. The second-order valence-corrected chi connectivity index (χ2v) is 6.48. The van der Waals surface area contributed by atoms with Crippen molar-refractivity contribution in [3.05, 3.63) is 52.8 Å². The molecule has 1 aliphatic heterocycles. The molecule has 5 nitrogen and oxygen atoms in total. The van der Waals surface area contributed by atoms with Crippen molar-refractivity contribution < 1.29 is 4.79 Å². The molecule has 0 bridgehead atoms. The molecule has 2 unspecified atom stereocenters. The topological polar surface area (TPSA) is 59.0 Å². The van der Waals surface area contributed by atoms with Gasteiger partial charge in [0.25, 0.3) is 5.91 Å². The number of hydrogen-bond acceptors (Lipinski definition) is 3. The summed E-state index contributed by atoms with van der Waals surface area (Å²) < 4.78 is 1.74. The van der Waals surface area contributed by atoms with Gasteiger partial charge >= 0.3 is 0 Å². The highest BCUT2D eigenvalue weighted by Gasteiger charge is 2.21. The number of carbonyl (C=O) groups excluding carboxylic acids is 1. The van der Waals surface area contributed by atoms with E-state index in [9.17, 15) is 4.79 Å². The van der Waals surface area contributed by atoms with E-state index in [4.69, 9.17) is 11.6 Å². The maximum absolute atomic E-state index is 12.3. The first kappa shape index (κ1) is 16.0. The van der Waals surface area contributed by atoms with Crippen LogP contribution in [0.4, 0.5) is 0 Å². The van der Waals surface area contributed by atoms with E-state index < -0.39 is 0 Å². The third-order valence-corrected chi connectivity index (χ3v) is 4.51. The average Bonchev–Trinajstić information content (AvgIpc) is 2.98. The summed E-state index contributed by atoms with van der Waals surface area (Å²) in [6.07, 6.45) is 5.29. The summed E-state index contributed by atoms with van der Waals surface area (Å²) in [5.74, 6) is -0.0606. The largest absolute Gasteiger partial charge is 0.349 e. The lowest BCUT2D eigenvalue weighted by atomic mass is 10.0. The third-order valence-electron chi connectivity index (χ3n) is 4.14. The summed E-state index contributed by atoms with van der Waals surface area (Å²) in [7, 11) is 0. The van der Waals surface area contributed by atoms with Crippen molar-refractivity contribution in [2.75, 3.05) is 6.54 Å². The Balaban J connectivity index is 1.62. The number of hydrogen-bond donors (Lipinski definition) is 2. The normalized spacial score (nSPS) is 21.1. The van der Waals surface area contributed by atoms with Crippen molar-refractivity contribution in [3.8, 4) is 0 Å². The van der Waals surface area contributed by atoms with Gasteiger partial charge in [0.05, 0.1) is 18.3 Å². The Morgan fingerprint density at radius 2 is 2.30 bits per heavy atom. The predicted octanol–water partition coefficient (Wildman–Crippen LogP) is 2.46. The fourth-order valence-electron chi connectivity index (χ4n) is 2.90. The van der Waals surface area contributed by atoms with Crippen LogP contribution in [0.25, 0.3) is 0 Å². The summed E-state index contributed by atoms with van der Waals surface area (Å²) in [6.45, 7) is 3.63. The van der Waals surface area contributed by atoms with Crippen molar-refractivity contribution >= 4 is 17.5 Å². The van der Waals surface area contributed by atoms with E-state index in [0.717, 1.165) is 24.9 Å². The van der Waals surface area contributed by atoms with Crippen LogP contribution in [0.3, 0.4) is 0 Å². The SMILES string of the molecule is CC1CC(NC(=O)c2cnn(Cc3ccccc3Cl)c2)CCN1. The molecule has 0 radical (unpaired) electrons. The summed E-state index contributed by atoms with van der Waals surface area (Å²) in [5.41, 5.74) is 1.57. The average molecular weight is 333 g/mol. The van der Waals surface area contributed by atoms with Gasteiger partial charge in [-0.3, -0.25) is 9.48 Å². The van der Waals surface area contributed by atoms with Gasteiger partial charge in [0.2, 0.25) is 0 Å². The molecule has 1 aliphatic rings. The van der Waals surface area contributed by atoms with Gasteiger partial charge in [-0.1, -0.05) is 29.8 Å². The van der Waals surface area contributed by atoms with Crippen molar-refractivity contribution in [3.63, 3.8) is 0 Å². The van der Waals surface area contributed by atoms with Crippen LogP contribution in [0.5, 0.6) is 0 Å². The van der Waals surface area contributed by atoms with Gasteiger partial charge in [-0.15, -0.1) is 0 Å². The van der Waals surface area contributed by atoms with E-state index in [1.54, 1.807) is 17.1 Å². The van der Waals surface area contributed by atoms with E-state index in [1.807, 2.05) is 24.3 Å². The van der Waals surface area contributed by atoms with Crippen molar-refractivity contribution in [1.82, 2.24) is 20.4 Å². The second kappa shape index (κ2) is 7.15. The zero-order valence-electron chi connectivity index (χ0n) is 13.1. The lowest BCUT2D eigenvalue weighted by Gasteiger charge is -2.28. The van der Waals surface area contributed by atoms with Crippen LogP contribution in [-0.2, 0) is 6.54 Å². The lowest BCUT2D eigenvalue weighted by Crippen LogP contribution is -2.46. The number of nitrogens with one attached hydrogen (secondary N) is 2. The fourth-order valence-corrected chi connectivity index (χ4v) is 3.10. The highest BCUT2D eigenvalue weighted by molar-refractivity contribution is 6.31. The van der Waals surface area contributed by atoms with E-state index in [-0.39, 0.29) is 11.9 Å². The molecule has 122 valence electrons. The fraction of sp³-hybridized carbons (Fsp3) is 0.412. The number of carbonyl (C=O) groups is 1. The number of halogens is 1. The van der Waals surface area contributed by atoms with E-state index in [2.05, 4.69) is 22.7 Å². The first-order valence-corrected chi connectivity index (χ1v) is 8.29. The standard InChI is InChI=1S/C17H21ClN4O/c1-12-8-15(6-7-19-12)21-17(23)14-9-20-22(11-14)10-13-4-2-3-5-16(13)18/h2-5,9,11-12,15,19H,6-8,10H2,1H3,(H,21,23). The van der Waals surface area contributed by atoms with Crippen molar-refractivity contribution in [2.24, 2.45) is 0 Å². The van der Waals surface area contributed by atoms with Crippen LogP contribution in [0.2, 0.25) is 5.02 Å². The van der Waals surface area contributed by atoms with Crippen LogP contribution >= 0.6 is 11.6 Å². The van der Waals surface area contributed by atoms with Gasteiger partial charge in [-0.25, -0.2) is 0 Å². The molecule has 1 amide bonds. The van der Waals surface area contributed by atoms with Crippen LogP contribution in [0.1, 0.15) is 35.7 Å². The molecule has 2 aromatic rings. The summed E-state index contributed by atoms with van der Waals surface area (Å²) in [4.78, 5) is 12.3. The van der Waals surface area contributed by atoms with Crippen molar-refractivity contribution in [1.29, 1.82) is 0 Å². The quantitative estimate of drug-likeness (QED) is 0.904. The molecular formula is C17H21ClN4O. The minimum absolute atomic E-state index is 0.0606. The Bertz CT molecular complexity index is 685. The molecule has 1 fully saturated rings. The molecule has 1 aromatic heterocycles. The van der Waals surface area contributed by atoms with Gasteiger partial charge in [-0.2, -0.15) is 5.10 Å². The zero-order valence-corrected chi connectivity index (χ0v) is 13.9. The Morgan fingerprint density at radius 3 is 3.09 bits per heavy atom. The summed E-state index contributed by atoms with van der Waals surface area (Å²) in [6, 6.07) is 8.32. The Morgan fingerprint density at radius 1 is 1.48 bits per heavy atom. The summed E-state index contributed by atoms with van der Waals surface area (Å²) >= 11 is 6.16. The van der Waals surface area contributed by atoms with Gasteiger partial charge in [0.1, 0.15) is 0 Å². The number of aromatic nitrogens is 2. The first-order valence-electron chi connectivity index (χ1n) is 7.92. The molecule has 0 spiro atoms. The predicted molar refractivity (Wildman–Crippen MR) is 90.7 cm³/mol. The molecule has 2 heterocycles. The Labute approximate surface area is 141 Å². The molecule has 0 aliphatic carbocycles. The van der Waals surface area contributed by atoms with Crippen LogP contribution in [-0.4, -0.2) is 34.3 Å². The highest BCUT2D eigenvalue weighted by Crippen LogP contribution is 2.16. The minimum atomic E-state index is -0.0606. The molecule has 6 heteroatoms. The maximum atomic E-state index is 12.3. The first-order chi connectivity index (χ1) is 11.1. The number of benzene rings is 1. The monoisotopic (exact) mass is 332 g/mol. The molecule has 2 N–H and O–H groups in total. The summed E-state index contributed by atoms with van der Waals surface area (Å²) in [5, 5.41) is 11.4. The molecule has 1 saturated heterocycles. The maximum Gasteiger partial charge on any atom is 0.254 e. The third kappa shape index (κ3) is 4.12. The molecule has 23 heavy (non-hydrogen) atoms. The molecule has 0 saturated carbocycles. The molecule has 3 rings (SSSR count). The number of amides is 1. The van der Waals surface area contributed by atoms with Gasteiger partial charge in [-0.05, 0) is 37.9 Å². The number of rotatable bonds is 4. The van der Waals surface area contributed by atoms with Crippen LogP contribution < -0.4 is 10.6 Å². The molecular weight excluding hydrogens is 312 g/mol. The van der Waals surface area contributed by atoms with E-state index in [0.29, 0.717) is 23.2 Å². The van der Waals surface area contributed by atoms with Crippen LogP contribution in [0, 0.1) is 0 Å². The minimum Gasteiger partial charge on any atom is -0.349 e. The van der Waals surface area contributed by atoms with Gasteiger partial charge in [0.15, 0.2) is 0 Å². The lowest BCUT2D eigenvalue weighted by molar-refractivity contribution is 0.0925. The number of piperidine rings is 1. The number of nitrogens with zero attached hydrogens (tertiary/aromatic N) is 2. The molecule has 2 atom stereocenters. The van der Waals surface area contributed by atoms with E-state index >= 15 is 0 Å². The van der Waals surface area contributed by atoms with Crippen LogP contribution in [0.15, 0.2) is 36.7 Å². The Hall–Kier alpha value is -1.85. The zero-order chi connectivity index (χ0) is 16.2. The van der Waals surface area contributed by atoms with Crippen molar-refractivity contribution in [2.45, 2.75) is 38.4 Å². The molecule has 1 aromatic carbocycles. The highest BCUT2D eigenvalue weighted by atomic mass is 35.5. The Kier molecular flexibility index (Phi) is 4.98. The van der Waals surface area contributed by atoms with E-state index in [1.165, 1.54) is 0 Å². The van der Waals surface area contributed by atoms with Gasteiger partial charge < -0.3 is 10.6 Å². The smallest absolute Gasteiger partial charge is 0.254 e. The van der Waals surface area contributed by atoms with Gasteiger partial charge in [0, 0.05) is 23.3 Å².